The first kappa shape index (κ1) is 14.4. The van der Waals surface area contributed by atoms with Crippen LogP contribution in [0.15, 0.2) is 36.4 Å². The van der Waals surface area contributed by atoms with Crippen LogP contribution in [-0.2, 0) is 10.8 Å². The van der Waals surface area contributed by atoms with Crippen molar-refractivity contribution in [3.8, 4) is 11.3 Å². The van der Waals surface area contributed by atoms with Crippen LogP contribution >= 0.6 is 0 Å². The van der Waals surface area contributed by atoms with E-state index in [1.54, 1.807) is 0 Å². The fourth-order valence-electron chi connectivity index (χ4n) is 3.36. The lowest BCUT2D eigenvalue weighted by atomic mass is 9.63. The average molecular weight is 275 g/mol. The summed E-state index contributed by atoms with van der Waals surface area (Å²) in [5.74, 6) is 0. The Kier molecular flexibility index (Phi) is 3.24. The van der Waals surface area contributed by atoms with Crippen LogP contribution in [0.2, 0.25) is 0 Å². The van der Waals surface area contributed by atoms with Crippen LogP contribution in [0, 0.1) is 0 Å². The Morgan fingerprint density at radius 1 is 0.905 bits per heavy atom. The van der Waals surface area contributed by atoms with Crippen molar-refractivity contribution in [2.45, 2.75) is 51.4 Å². The van der Waals surface area contributed by atoms with E-state index in [0.29, 0.717) is 5.59 Å². The van der Waals surface area contributed by atoms with Crippen LogP contribution in [0.1, 0.15) is 51.7 Å². The molecule has 0 spiro atoms. The molecular formula is C19H22BN. The van der Waals surface area contributed by atoms with Crippen LogP contribution in [0.5, 0.6) is 0 Å². The summed E-state index contributed by atoms with van der Waals surface area (Å²) in [6.07, 6.45) is 2.46. The van der Waals surface area contributed by atoms with Crippen LogP contribution < -0.4 is 5.59 Å². The van der Waals surface area contributed by atoms with Crippen molar-refractivity contribution in [2.24, 2.45) is 0 Å². The third-order valence-corrected chi connectivity index (χ3v) is 4.92. The predicted octanol–water partition coefficient (Wildman–Crippen LogP) is 3.89. The summed E-state index contributed by atoms with van der Waals surface area (Å²) < 4.78 is 0. The Morgan fingerprint density at radius 3 is 2.24 bits per heavy atom. The predicted molar refractivity (Wildman–Crippen MR) is 90.3 cm³/mol. The Labute approximate surface area is 129 Å². The van der Waals surface area contributed by atoms with Crippen molar-refractivity contribution in [1.82, 2.24) is 4.98 Å². The normalized spacial score (nSPS) is 19.0. The Morgan fingerprint density at radius 2 is 1.57 bits per heavy atom. The number of hydrogen-bond acceptors (Lipinski definition) is 1. The topological polar surface area (TPSA) is 12.9 Å². The summed E-state index contributed by atoms with van der Waals surface area (Å²) in [6, 6.07) is 12.6. The standard InChI is InChI=1S/C19H22BN/c1-18(2)10-11-19(3,4)15-12-13(8-9-14(15)18)16-6-5-7-17(20)21-16/h5-9,12H,10-11H2,1-4H3. The highest BCUT2D eigenvalue weighted by atomic mass is 14.7. The van der Waals surface area contributed by atoms with Gasteiger partial charge in [0.1, 0.15) is 7.85 Å². The first-order valence-corrected chi connectivity index (χ1v) is 7.68. The molecule has 0 unspecified atom stereocenters. The lowest BCUT2D eigenvalue weighted by molar-refractivity contribution is 0.332. The Balaban J connectivity index is 2.16. The lowest BCUT2D eigenvalue weighted by Gasteiger charge is -2.42. The van der Waals surface area contributed by atoms with Gasteiger partial charge in [0.15, 0.2) is 0 Å². The number of rotatable bonds is 1. The molecule has 1 heterocycles. The van der Waals surface area contributed by atoms with Crippen molar-refractivity contribution >= 4 is 13.4 Å². The van der Waals surface area contributed by atoms with E-state index in [-0.39, 0.29) is 10.8 Å². The second-order valence-electron chi connectivity index (χ2n) is 7.48. The number of nitrogens with zero attached hydrogens (tertiary/aromatic N) is 1. The summed E-state index contributed by atoms with van der Waals surface area (Å²) in [4.78, 5) is 4.45. The van der Waals surface area contributed by atoms with Crippen molar-refractivity contribution in [2.75, 3.05) is 0 Å². The van der Waals surface area contributed by atoms with Crippen molar-refractivity contribution in [3.63, 3.8) is 0 Å². The van der Waals surface area contributed by atoms with Gasteiger partial charge in [-0.3, -0.25) is 4.98 Å². The molecule has 1 aliphatic rings. The van der Waals surface area contributed by atoms with Gasteiger partial charge in [-0.25, -0.2) is 0 Å². The molecule has 0 N–H and O–H groups in total. The minimum Gasteiger partial charge on any atom is -0.264 e. The molecular weight excluding hydrogens is 253 g/mol. The van der Waals surface area contributed by atoms with Gasteiger partial charge in [-0.2, -0.15) is 0 Å². The Bertz CT molecular complexity index is 686. The monoisotopic (exact) mass is 275 g/mol. The molecule has 0 fully saturated rings. The van der Waals surface area contributed by atoms with E-state index in [1.807, 2.05) is 18.2 Å². The maximum Gasteiger partial charge on any atom is 0.141 e. The second kappa shape index (κ2) is 4.73. The first-order valence-electron chi connectivity index (χ1n) is 7.68. The lowest BCUT2D eigenvalue weighted by Crippen LogP contribution is -2.33. The molecule has 106 valence electrons. The van der Waals surface area contributed by atoms with E-state index in [1.165, 1.54) is 24.0 Å². The van der Waals surface area contributed by atoms with Crippen LogP contribution in [0.25, 0.3) is 11.3 Å². The maximum absolute atomic E-state index is 5.82. The molecule has 0 bridgehead atoms. The third-order valence-electron chi connectivity index (χ3n) is 4.92. The minimum absolute atomic E-state index is 0.223. The zero-order valence-electron chi connectivity index (χ0n) is 13.4. The molecule has 0 saturated carbocycles. The summed E-state index contributed by atoms with van der Waals surface area (Å²) in [6.45, 7) is 9.38. The third kappa shape index (κ3) is 2.52. The van der Waals surface area contributed by atoms with Gasteiger partial charge >= 0.3 is 0 Å². The molecule has 2 aromatic rings. The molecule has 0 amide bonds. The Hall–Kier alpha value is -1.57. The van der Waals surface area contributed by atoms with Crippen molar-refractivity contribution in [3.05, 3.63) is 47.5 Å². The molecule has 0 aliphatic heterocycles. The molecule has 1 nitrogen and oxygen atoms in total. The fourth-order valence-corrected chi connectivity index (χ4v) is 3.36. The highest BCUT2D eigenvalue weighted by Crippen LogP contribution is 2.46. The van der Waals surface area contributed by atoms with Crippen molar-refractivity contribution < 1.29 is 0 Å². The molecule has 2 heteroatoms. The molecule has 3 rings (SSSR count). The summed E-state index contributed by atoms with van der Waals surface area (Å²) in [7, 11) is 5.82. The highest BCUT2D eigenvalue weighted by molar-refractivity contribution is 6.30. The molecule has 2 radical (unpaired) electrons. The number of pyridine rings is 1. The number of benzene rings is 1. The van der Waals surface area contributed by atoms with Gasteiger partial charge in [0.05, 0.1) is 5.69 Å². The zero-order valence-corrected chi connectivity index (χ0v) is 13.4. The zero-order chi connectivity index (χ0) is 15.3. The molecule has 1 aromatic heterocycles. The van der Waals surface area contributed by atoms with E-state index in [2.05, 4.69) is 50.9 Å². The van der Waals surface area contributed by atoms with Gasteiger partial charge in [-0.15, -0.1) is 0 Å². The highest BCUT2D eigenvalue weighted by Gasteiger charge is 2.36. The maximum atomic E-state index is 5.82. The van der Waals surface area contributed by atoms with E-state index in [9.17, 15) is 0 Å². The van der Waals surface area contributed by atoms with E-state index < -0.39 is 0 Å². The molecule has 0 atom stereocenters. The number of fused-ring (bicyclic) bond motifs is 1. The van der Waals surface area contributed by atoms with E-state index in [0.717, 1.165) is 11.3 Å². The smallest absolute Gasteiger partial charge is 0.141 e. The summed E-state index contributed by atoms with van der Waals surface area (Å²) in [5.41, 5.74) is 6.11. The van der Waals surface area contributed by atoms with Crippen LogP contribution in [0.3, 0.4) is 0 Å². The van der Waals surface area contributed by atoms with Gasteiger partial charge in [0, 0.05) is 5.56 Å². The van der Waals surface area contributed by atoms with Crippen molar-refractivity contribution in [1.29, 1.82) is 0 Å². The fraction of sp³-hybridized carbons (Fsp3) is 0.421. The molecule has 0 saturated heterocycles. The van der Waals surface area contributed by atoms with Gasteiger partial charge in [0.25, 0.3) is 0 Å². The minimum atomic E-state index is 0.223. The van der Waals surface area contributed by atoms with Gasteiger partial charge in [0.2, 0.25) is 0 Å². The quantitative estimate of drug-likeness (QED) is 0.719. The molecule has 1 aromatic carbocycles. The van der Waals surface area contributed by atoms with E-state index in [4.69, 9.17) is 7.85 Å². The second-order valence-corrected chi connectivity index (χ2v) is 7.48. The van der Waals surface area contributed by atoms with Gasteiger partial charge in [-0.1, -0.05) is 52.0 Å². The first-order chi connectivity index (χ1) is 9.79. The molecule has 21 heavy (non-hydrogen) atoms. The van der Waals surface area contributed by atoms with Crippen LogP contribution in [0.4, 0.5) is 0 Å². The van der Waals surface area contributed by atoms with Gasteiger partial charge in [-0.05, 0) is 52.5 Å². The summed E-state index contributed by atoms with van der Waals surface area (Å²) >= 11 is 0. The summed E-state index contributed by atoms with van der Waals surface area (Å²) in [5, 5.41) is 0. The van der Waals surface area contributed by atoms with E-state index >= 15 is 0 Å². The molecule has 1 aliphatic carbocycles. The number of hydrogen-bond donors (Lipinski definition) is 0. The van der Waals surface area contributed by atoms with Crippen LogP contribution in [-0.4, -0.2) is 12.8 Å². The average Bonchev–Trinajstić information content (AvgIpc) is 2.44. The SMILES string of the molecule is [B]c1cccc(-c2ccc3c(c2)C(C)(C)CCC3(C)C)n1. The number of aromatic nitrogens is 1. The largest absolute Gasteiger partial charge is 0.264 e. The van der Waals surface area contributed by atoms with Gasteiger partial charge < -0.3 is 0 Å².